The van der Waals surface area contributed by atoms with Crippen molar-refractivity contribution in [3.05, 3.63) is 69.2 Å². The van der Waals surface area contributed by atoms with Gasteiger partial charge in [0.05, 0.1) is 25.1 Å². The number of nitrogens with one attached hydrogen (secondary N) is 2. The number of benzene rings is 2. The van der Waals surface area contributed by atoms with Crippen molar-refractivity contribution in [2.24, 2.45) is 0 Å². The summed E-state index contributed by atoms with van der Waals surface area (Å²) in [4.78, 5) is 24.7. The van der Waals surface area contributed by atoms with Crippen molar-refractivity contribution in [2.75, 3.05) is 19.5 Å². The number of aromatic nitrogens is 3. The van der Waals surface area contributed by atoms with Crippen LogP contribution in [0, 0.1) is 11.6 Å². The van der Waals surface area contributed by atoms with E-state index in [0.717, 1.165) is 10.9 Å². The normalized spacial score (nSPS) is 10.9. The fraction of sp³-hybridized carbons (Fsp3) is 0.150. The molecule has 0 saturated heterocycles. The number of hydrogen-bond acceptors (Lipinski definition) is 7. The lowest BCUT2D eigenvalue weighted by molar-refractivity contribution is 0.355. The zero-order valence-electron chi connectivity index (χ0n) is 16.0. The number of H-pyrrole nitrogens is 1. The van der Waals surface area contributed by atoms with E-state index < -0.39 is 11.6 Å². The van der Waals surface area contributed by atoms with Crippen molar-refractivity contribution in [3.63, 3.8) is 0 Å². The van der Waals surface area contributed by atoms with E-state index in [1.54, 1.807) is 18.3 Å². The molecule has 4 aromatic rings. The molecule has 0 unspecified atom stereocenters. The van der Waals surface area contributed by atoms with Crippen LogP contribution in [0.15, 0.2) is 41.3 Å². The van der Waals surface area contributed by atoms with Crippen molar-refractivity contribution < 1.29 is 18.3 Å². The maximum atomic E-state index is 13.3. The van der Waals surface area contributed by atoms with Crippen LogP contribution in [-0.2, 0) is 6.42 Å². The first kappa shape index (κ1) is 19.8. The van der Waals surface area contributed by atoms with E-state index in [1.807, 2.05) is 0 Å². The first-order chi connectivity index (χ1) is 14.4. The molecule has 0 bridgehead atoms. The molecule has 10 heteroatoms. The predicted molar refractivity (Wildman–Crippen MR) is 110 cm³/mol. The van der Waals surface area contributed by atoms with E-state index in [-0.39, 0.29) is 11.2 Å². The second-order valence-electron chi connectivity index (χ2n) is 6.33. The molecular weight excluding hydrogens is 414 g/mol. The molecule has 0 spiro atoms. The van der Waals surface area contributed by atoms with Crippen molar-refractivity contribution >= 4 is 33.1 Å². The number of aromatic amines is 1. The minimum atomic E-state index is -0.681. The Bertz CT molecular complexity index is 1270. The molecule has 154 valence electrons. The van der Waals surface area contributed by atoms with Crippen molar-refractivity contribution in [1.29, 1.82) is 0 Å². The topological polar surface area (TPSA) is 89.1 Å². The van der Waals surface area contributed by atoms with Gasteiger partial charge in [0.25, 0.3) is 5.56 Å². The maximum Gasteiger partial charge on any atom is 0.258 e. The van der Waals surface area contributed by atoms with Gasteiger partial charge in [0.2, 0.25) is 0 Å². The minimum Gasteiger partial charge on any atom is -0.493 e. The van der Waals surface area contributed by atoms with Gasteiger partial charge in [-0.25, -0.2) is 18.7 Å². The number of ether oxygens (including phenoxy) is 2. The smallest absolute Gasteiger partial charge is 0.258 e. The lowest BCUT2D eigenvalue weighted by Crippen LogP contribution is -2.12. The molecule has 4 rings (SSSR count). The predicted octanol–water partition coefficient (Wildman–Crippen LogP) is 4.01. The highest BCUT2D eigenvalue weighted by Crippen LogP contribution is 2.30. The SMILES string of the molecule is COc1cc2nc(Cc3cnc(Nc4cc(F)cc(F)c4)s3)[nH]c(=O)c2cc1OC. The zero-order valence-corrected chi connectivity index (χ0v) is 16.8. The van der Waals surface area contributed by atoms with Crippen LogP contribution in [0.25, 0.3) is 10.9 Å². The number of anilines is 2. The molecule has 7 nitrogen and oxygen atoms in total. The molecule has 0 fully saturated rings. The lowest BCUT2D eigenvalue weighted by atomic mass is 10.2. The largest absolute Gasteiger partial charge is 0.493 e. The van der Waals surface area contributed by atoms with Crippen LogP contribution in [0.2, 0.25) is 0 Å². The molecule has 0 atom stereocenters. The monoisotopic (exact) mass is 430 g/mol. The van der Waals surface area contributed by atoms with Crippen LogP contribution < -0.4 is 20.3 Å². The van der Waals surface area contributed by atoms with Gasteiger partial charge in [0, 0.05) is 35.3 Å². The summed E-state index contributed by atoms with van der Waals surface area (Å²) >= 11 is 1.29. The van der Waals surface area contributed by atoms with Crippen molar-refractivity contribution in [2.45, 2.75) is 6.42 Å². The van der Waals surface area contributed by atoms with Crippen LogP contribution >= 0.6 is 11.3 Å². The number of rotatable bonds is 6. The van der Waals surface area contributed by atoms with E-state index >= 15 is 0 Å². The van der Waals surface area contributed by atoms with Gasteiger partial charge in [0.1, 0.15) is 17.5 Å². The summed E-state index contributed by atoms with van der Waals surface area (Å²) in [5, 5.41) is 3.71. The highest BCUT2D eigenvalue weighted by atomic mass is 32.1. The molecule has 2 aromatic heterocycles. The van der Waals surface area contributed by atoms with E-state index in [4.69, 9.17) is 9.47 Å². The summed E-state index contributed by atoms with van der Waals surface area (Å²) in [6.07, 6.45) is 1.94. The first-order valence-corrected chi connectivity index (χ1v) is 9.59. The molecule has 0 radical (unpaired) electrons. The summed E-state index contributed by atoms with van der Waals surface area (Å²) in [5.74, 6) is 0.00272. The number of halogens is 2. The Morgan fingerprint density at radius 2 is 1.77 bits per heavy atom. The summed E-state index contributed by atoms with van der Waals surface area (Å²) in [6.45, 7) is 0. The van der Waals surface area contributed by atoms with Gasteiger partial charge >= 0.3 is 0 Å². The van der Waals surface area contributed by atoms with Gasteiger partial charge in [-0.3, -0.25) is 4.79 Å². The van der Waals surface area contributed by atoms with Crippen LogP contribution in [-0.4, -0.2) is 29.2 Å². The molecule has 0 aliphatic carbocycles. The van der Waals surface area contributed by atoms with E-state index in [9.17, 15) is 13.6 Å². The average molecular weight is 430 g/mol. The molecule has 30 heavy (non-hydrogen) atoms. The Morgan fingerprint density at radius 1 is 1.07 bits per heavy atom. The van der Waals surface area contributed by atoms with E-state index in [0.29, 0.717) is 39.8 Å². The number of hydrogen-bond donors (Lipinski definition) is 2. The zero-order chi connectivity index (χ0) is 21.3. The van der Waals surface area contributed by atoms with Crippen molar-refractivity contribution in [3.8, 4) is 11.5 Å². The fourth-order valence-electron chi connectivity index (χ4n) is 2.96. The summed E-state index contributed by atoms with van der Waals surface area (Å²) in [6, 6.07) is 6.37. The third-order valence-electron chi connectivity index (χ3n) is 4.27. The van der Waals surface area contributed by atoms with Gasteiger partial charge in [-0.2, -0.15) is 0 Å². The summed E-state index contributed by atoms with van der Waals surface area (Å²) in [5.41, 5.74) is 0.435. The van der Waals surface area contributed by atoms with Gasteiger partial charge in [-0.1, -0.05) is 0 Å². The second kappa shape index (κ2) is 8.07. The Kier molecular flexibility index (Phi) is 5.32. The van der Waals surface area contributed by atoms with Gasteiger partial charge in [0.15, 0.2) is 16.6 Å². The molecule has 0 saturated carbocycles. The van der Waals surface area contributed by atoms with Gasteiger partial charge < -0.3 is 19.8 Å². The Labute approximate surface area is 173 Å². The third-order valence-corrected chi connectivity index (χ3v) is 5.18. The van der Waals surface area contributed by atoms with E-state index in [2.05, 4.69) is 20.3 Å². The Hall–Kier alpha value is -3.53. The lowest BCUT2D eigenvalue weighted by Gasteiger charge is -2.09. The second-order valence-corrected chi connectivity index (χ2v) is 7.44. The number of nitrogens with zero attached hydrogens (tertiary/aromatic N) is 2. The van der Waals surface area contributed by atoms with Gasteiger partial charge in [-0.15, -0.1) is 11.3 Å². The quantitative estimate of drug-likeness (QED) is 0.481. The molecular formula is C20H16F2N4O3S. The molecule has 0 amide bonds. The number of methoxy groups -OCH3 is 2. The first-order valence-electron chi connectivity index (χ1n) is 8.78. The van der Waals surface area contributed by atoms with Crippen LogP contribution in [0.4, 0.5) is 19.6 Å². The highest BCUT2D eigenvalue weighted by Gasteiger charge is 2.12. The number of thiazole rings is 1. The fourth-order valence-corrected chi connectivity index (χ4v) is 3.80. The van der Waals surface area contributed by atoms with Crippen LogP contribution in [0.5, 0.6) is 11.5 Å². The van der Waals surface area contributed by atoms with E-state index in [1.165, 1.54) is 37.7 Å². The minimum absolute atomic E-state index is 0.256. The standard InChI is InChI=1S/C20H16F2N4O3S/c1-28-16-7-14-15(8-17(16)29-2)25-18(26-19(14)27)6-13-9-23-20(30-13)24-12-4-10(21)3-11(22)5-12/h3-5,7-9H,6H2,1-2H3,(H,23,24)(H,25,26,27). The van der Waals surface area contributed by atoms with Crippen LogP contribution in [0.1, 0.15) is 10.7 Å². The van der Waals surface area contributed by atoms with Crippen molar-refractivity contribution in [1.82, 2.24) is 15.0 Å². The molecule has 2 N–H and O–H groups in total. The van der Waals surface area contributed by atoms with Crippen LogP contribution in [0.3, 0.4) is 0 Å². The molecule has 0 aliphatic rings. The molecule has 2 aromatic carbocycles. The average Bonchev–Trinajstić information content (AvgIpc) is 3.12. The molecule has 2 heterocycles. The Balaban J connectivity index is 1.59. The third kappa shape index (κ3) is 4.08. The number of fused-ring (bicyclic) bond motifs is 1. The summed E-state index contributed by atoms with van der Waals surface area (Å²) in [7, 11) is 3.00. The highest BCUT2D eigenvalue weighted by molar-refractivity contribution is 7.15. The Morgan fingerprint density at radius 3 is 2.47 bits per heavy atom. The summed E-state index contributed by atoms with van der Waals surface area (Å²) < 4.78 is 37.2. The molecule has 0 aliphatic heterocycles. The maximum absolute atomic E-state index is 13.3. The van der Waals surface area contributed by atoms with Gasteiger partial charge in [-0.05, 0) is 18.2 Å².